The molecule has 1 aliphatic heterocycles. The van der Waals surface area contributed by atoms with E-state index in [9.17, 15) is 13.2 Å². The molecule has 0 atom stereocenters. The summed E-state index contributed by atoms with van der Waals surface area (Å²) in [5.74, 6) is 0.223. The standard InChI is InChI=1S/C24H39F3N4O2/c1-4-33-31(22-10-8-9-21(28-22)24(25,26)27)19-23(11-6-5-7-12-23)30-15-13-29(14-16-30)17-18-32-20(2)3/h8-10,20H,4-7,11-19H2,1-3H3. The lowest BCUT2D eigenvalue weighted by Crippen LogP contribution is -2.62. The molecule has 1 saturated carbocycles. The van der Waals surface area contributed by atoms with Gasteiger partial charge in [-0.1, -0.05) is 25.3 Å². The van der Waals surface area contributed by atoms with E-state index in [0.717, 1.165) is 71.1 Å². The second-order valence-corrected chi connectivity index (χ2v) is 9.37. The van der Waals surface area contributed by atoms with Gasteiger partial charge in [0.25, 0.3) is 0 Å². The number of hydrogen-bond donors (Lipinski definition) is 0. The fourth-order valence-electron chi connectivity index (χ4n) is 4.98. The van der Waals surface area contributed by atoms with Crippen molar-refractivity contribution in [3.63, 3.8) is 0 Å². The Balaban J connectivity index is 1.72. The van der Waals surface area contributed by atoms with Crippen LogP contribution in [0.1, 0.15) is 58.6 Å². The molecule has 0 bridgehead atoms. The third kappa shape index (κ3) is 7.28. The van der Waals surface area contributed by atoms with Crippen molar-refractivity contribution in [3.8, 4) is 0 Å². The van der Waals surface area contributed by atoms with Crippen molar-refractivity contribution < 1.29 is 22.7 Å². The van der Waals surface area contributed by atoms with Crippen molar-refractivity contribution in [2.75, 3.05) is 57.5 Å². The molecule has 33 heavy (non-hydrogen) atoms. The molecule has 0 unspecified atom stereocenters. The zero-order chi connectivity index (χ0) is 23.9. The maximum absolute atomic E-state index is 13.3. The minimum atomic E-state index is -4.48. The number of rotatable bonds is 10. The Kier molecular flexibility index (Phi) is 9.38. The fraction of sp³-hybridized carbons (Fsp3) is 0.792. The lowest BCUT2D eigenvalue weighted by molar-refractivity contribution is -0.141. The number of anilines is 1. The summed E-state index contributed by atoms with van der Waals surface area (Å²) in [5.41, 5.74) is -1.01. The zero-order valence-corrected chi connectivity index (χ0v) is 20.2. The van der Waals surface area contributed by atoms with Gasteiger partial charge < -0.3 is 4.74 Å². The first-order chi connectivity index (χ1) is 15.7. The van der Waals surface area contributed by atoms with Gasteiger partial charge in [-0.15, -0.1) is 0 Å². The van der Waals surface area contributed by atoms with Gasteiger partial charge in [0.1, 0.15) is 5.69 Å². The van der Waals surface area contributed by atoms with E-state index in [1.54, 1.807) is 11.1 Å². The van der Waals surface area contributed by atoms with Crippen molar-refractivity contribution in [3.05, 3.63) is 23.9 Å². The van der Waals surface area contributed by atoms with Gasteiger partial charge in [0.15, 0.2) is 5.82 Å². The molecule has 1 aliphatic carbocycles. The topological polar surface area (TPSA) is 41.1 Å². The van der Waals surface area contributed by atoms with Crippen LogP contribution >= 0.6 is 0 Å². The number of nitrogens with zero attached hydrogens (tertiary/aromatic N) is 4. The number of hydroxylamine groups is 1. The summed E-state index contributed by atoms with van der Waals surface area (Å²) < 4.78 is 45.5. The number of ether oxygens (including phenoxy) is 1. The van der Waals surface area contributed by atoms with Crippen LogP contribution in [0.3, 0.4) is 0 Å². The molecule has 0 N–H and O–H groups in total. The first-order valence-corrected chi connectivity index (χ1v) is 12.3. The van der Waals surface area contributed by atoms with Gasteiger partial charge in [0.05, 0.1) is 25.9 Å². The fourth-order valence-corrected chi connectivity index (χ4v) is 4.98. The molecule has 0 radical (unpaired) electrons. The Morgan fingerprint density at radius 3 is 2.39 bits per heavy atom. The molecule has 2 aliphatic rings. The second-order valence-electron chi connectivity index (χ2n) is 9.37. The highest BCUT2D eigenvalue weighted by Gasteiger charge is 2.42. The Morgan fingerprint density at radius 2 is 1.79 bits per heavy atom. The van der Waals surface area contributed by atoms with Crippen molar-refractivity contribution in [1.82, 2.24) is 14.8 Å². The van der Waals surface area contributed by atoms with E-state index in [-0.39, 0.29) is 17.5 Å². The summed E-state index contributed by atoms with van der Waals surface area (Å²) in [6.07, 6.45) is 1.25. The molecule has 6 nitrogen and oxygen atoms in total. The summed E-state index contributed by atoms with van der Waals surface area (Å²) in [5, 5.41) is 1.60. The normalized spacial score (nSPS) is 20.3. The van der Waals surface area contributed by atoms with Crippen molar-refractivity contribution in [1.29, 1.82) is 0 Å². The lowest BCUT2D eigenvalue weighted by atomic mass is 9.79. The maximum atomic E-state index is 13.3. The molecule has 2 heterocycles. The monoisotopic (exact) mass is 472 g/mol. The van der Waals surface area contributed by atoms with E-state index in [2.05, 4.69) is 14.8 Å². The predicted octanol–water partition coefficient (Wildman–Crippen LogP) is 4.60. The average Bonchev–Trinajstić information content (AvgIpc) is 2.79. The van der Waals surface area contributed by atoms with E-state index in [1.807, 2.05) is 20.8 Å². The summed E-state index contributed by atoms with van der Waals surface area (Å²) >= 11 is 0. The summed E-state index contributed by atoms with van der Waals surface area (Å²) in [7, 11) is 0. The molecular formula is C24H39F3N4O2. The summed E-state index contributed by atoms with van der Waals surface area (Å²) in [6, 6.07) is 4.02. The van der Waals surface area contributed by atoms with Crippen molar-refractivity contribution in [2.45, 2.75) is 70.7 Å². The van der Waals surface area contributed by atoms with Crippen LogP contribution in [0, 0.1) is 0 Å². The van der Waals surface area contributed by atoms with E-state index in [0.29, 0.717) is 13.2 Å². The van der Waals surface area contributed by atoms with Gasteiger partial charge in [-0.2, -0.15) is 13.2 Å². The van der Waals surface area contributed by atoms with E-state index in [1.165, 1.54) is 12.5 Å². The van der Waals surface area contributed by atoms with Gasteiger partial charge >= 0.3 is 6.18 Å². The van der Waals surface area contributed by atoms with Crippen LogP contribution in [0.5, 0.6) is 0 Å². The molecule has 3 rings (SSSR count). The highest BCUT2D eigenvalue weighted by atomic mass is 19.4. The van der Waals surface area contributed by atoms with E-state index < -0.39 is 11.9 Å². The number of alkyl halides is 3. The Bertz CT molecular complexity index is 718. The summed E-state index contributed by atoms with van der Waals surface area (Å²) in [6.45, 7) is 12.3. The van der Waals surface area contributed by atoms with Gasteiger partial charge in [-0.05, 0) is 45.7 Å². The number of piperazine rings is 1. The quantitative estimate of drug-likeness (QED) is 0.464. The molecule has 1 aromatic rings. The minimum Gasteiger partial charge on any atom is -0.377 e. The van der Waals surface area contributed by atoms with Crippen LogP contribution in [0.15, 0.2) is 18.2 Å². The molecule has 0 aromatic carbocycles. The number of hydrogen-bond acceptors (Lipinski definition) is 6. The number of halogens is 3. The van der Waals surface area contributed by atoms with E-state index >= 15 is 0 Å². The lowest BCUT2D eigenvalue weighted by Gasteiger charge is -2.51. The van der Waals surface area contributed by atoms with Crippen LogP contribution in [-0.2, 0) is 15.8 Å². The van der Waals surface area contributed by atoms with Crippen LogP contribution < -0.4 is 5.06 Å². The molecule has 188 valence electrons. The van der Waals surface area contributed by atoms with Crippen LogP contribution in [0.25, 0.3) is 0 Å². The Hall–Kier alpha value is -1.42. The van der Waals surface area contributed by atoms with Crippen molar-refractivity contribution >= 4 is 5.82 Å². The second kappa shape index (κ2) is 11.8. The van der Waals surface area contributed by atoms with Gasteiger partial charge in [-0.3, -0.25) is 14.6 Å². The van der Waals surface area contributed by atoms with Crippen LogP contribution in [-0.4, -0.2) is 78.9 Å². The van der Waals surface area contributed by atoms with Crippen LogP contribution in [0.4, 0.5) is 19.0 Å². The number of pyridine rings is 1. The van der Waals surface area contributed by atoms with Crippen LogP contribution in [0.2, 0.25) is 0 Å². The Labute approximate surface area is 196 Å². The minimum absolute atomic E-state index is 0.121. The molecule has 1 aromatic heterocycles. The zero-order valence-electron chi connectivity index (χ0n) is 20.2. The molecular weight excluding hydrogens is 433 g/mol. The first-order valence-electron chi connectivity index (χ1n) is 12.3. The SMILES string of the molecule is CCON(CC1(N2CCN(CCOC(C)C)CC2)CCCCC1)c1cccc(C(F)(F)F)n1. The van der Waals surface area contributed by atoms with Crippen molar-refractivity contribution in [2.24, 2.45) is 0 Å². The average molecular weight is 473 g/mol. The third-order valence-corrected chi connectivity index (χ3v) is 6.69. The molecule has 2 fully saturated rings. The molecule has 1 saturated heterocycles. The van der Waals surface area contributed by atoms with Gasteiger partial charge in [-0.25, -0.2) is 10.0 Å². The largest absolute Gasteiger partial charge is 0.433 e. The summed E-state index contributed by atoms with van der Waals surface area (Å²) in [4.78, 5) is 14.7. The maximum Gasteiger partial charge on any atom is 0.433 e. The van der Waals surface area contributed by atoms with Gasteiger partial charge in [0.2, 0.25) is 0 Å². The van der Waals surface area contributed by atoms with Gasteiger partial charge in [0, 0.05) is 38.3 Å². The highest BCUT2D eigenvalue weighted by Crippen LogP contribution is 2.37. The van der Waals surface area contributed by atoms with E-state index in [4.69, 9.17) is 9.57 Å². The third-order valence-electron chi connectivity index (χ3n) is 6.69. The number of aromatic nitrogens is 1. The predicted molar refractivity (Wildman–Crippen MR) is 123 cm³/mol. The first kappa shape index (κ1) is 26.2. The molecule has 0 spiro atoms. The highest BCUT2D eigenvalue weighted by molar-refractivity contribution is 5.38. The molecule has 9 heteroatoms. The Morgan fingerprint density at radius 1 is 1.09 bits per heavy atom. The smallest absolute Gasteiger partial charge is 0.377 e. The molecule has 0 amide bonds.